The first-order valence-electron chi connectivity index (χ1n) is 8.82. The van der Waals surface area contributed by atoms with Crippen LogP contribution in [-0.4, -0.2) is 24.0 Å². The molecular weight excluding hydrogens is 333 g/mol. The minimum absolute atomic E-state index is 0.0227. The molecule has 1 aliphatic heterocycles. The summed E-state index contributed by atoms with van der Waals surface area (Å²) in [5, 5.41) is 2.85. The van der Waals surface area contributed by atoms with Crippen molar-refractivity contribution in [1.82, 2.24) is 10.3 Å². The zero-order valence-corrected chi connectivity index (χ0v) is 14.3. The molecule has 2 heterocycles. The predicted molar refractivity (Wildman–Crippen MR) is 97.2 cm³/mol. The van der Waals surface area contributed by atoms with Gasteiger partial charge in [-0.2, -0.15) is 4.98 Å². The number of hydrogen-bond donors (Lipinski definition) is 1. The molecule has 1 aliphatic rings. The van der Waals surface area contributed by atoms with E-state index in [2.05, 4.69) is 15.2 Å². The molecule has 0 unspecified atom stereocenters. The number of oxazole rings is 1. The number of rotatable bonds is 4. The number of amides is 1. The molecule has 134 valence electrons. The van der Waals surface area contributed by atoms with Crippen LogP contribution in [0.3, 0.4) is 0 Å². The Morgan fingerprint density at radius 1 is 1.15 bits per heavy atom. The van der Waals surface area contributed by atoms with Crippen LogP contribution in [0.2, 0.25) is 0 Å². The van der Waals surface area contributed by atoms with Gasteiger partial charge in [-0.05, 0) is 31.0 Å². The van der Waals surface area contributed by atoms with Gasteiger partial charge in [0.05, 0.1) is 0 Å². The van der Waals surface area contributed by atoms with Gasteiger partial charge in [-0.15, -0.1) is 0 Å². The maximum absolute atomic E-state index is 13.6. The van der Waals surface area contributed by atoms with E-state index in [4.69, 9.17) is 4.42 Å². The summed E-state index contributed by atoms with van der Waals surface area (Å²) in [6, 6.07) is 14.8. The lowest BCUT2D eigenvalue weighted by Crippen LogP contribution is -2.40. The van der Waals surface area contributed by atoms with Crippen LogP contribution in [0.25, 0.3) is 11.1 Å². The molecule has 1 saturated heterocycles. The lowest BCUT2D eigenvalue weighted by atomic mass is 9.96. The van der Waals surface area contributed by atoms with E-state index in [9.17, 15) is 9.18 Å². The van der Waals surface area contributed by atoms with Gasteiger partial charge in [-0.25, -0.2) is 4.39 Å². The second-order valence-corrected chi connectivity index (χ2v) is 6.53. The molecule has 1 N–H and O–H groups in total. The van der Waals surface area contributed by atoms with E-state index in [1.807, 2.05) is 24.3 Å². The van der Waals surface area contributed by atoms with Crippen LogP contribution in [0.5, 0.6) is 0 Å². The molecule has 0 spiro atoms. The number of carbonyl (C=O) groups is 1. The Bertz CT molecular complexity index is 883. The average molecular weight is 353 g/mol. The first-order chi connectivity index (χ1) is 12.7. The van der Waals surface area contributed by atoms with Gasteiger partial charge in [0.2, 0.25) is 5.91 Å². The van der Waals surface area contributed by atoms with E-state index in [-0.39, 0.29) is 24.2 Å². The van der Waals surface area contributed by atoms with Crippen molar-refractivity contribution in [2.75, 3.05) is 18.0 Å². The Morgan fingerprint density at radius 2 is 1.88 bits per heavy atom. The average Bonchev–Trinajstić information content (AvgIpc) is 3.11. The lowest BCUT2D eigenvalue weighted by Gasteiger charge is -2.30. The maximum Gasteiger partial charge on any atom is 0.298 e. The standard InChI is InChI=1S/C20H20FN3O2/c21-16-6-2-1-5-15(16)13-22-19(25)14-9-11-24(12-10-14)20-23-17-7-3-4-8-18(17)26-20/h1-8,14H,9-13H2,(H,22,25). The topological polar surface area (TPSA) is 58.4 Å². The number of nitrogens with zero attached hydrogens (tertiary/aromatic N) is 2. The highest BCUT2D eigenvalue weighted by Crippen LogP contribution is 2.26. The first-order valence-corrected chi connectivity index (χ1v) is 8.82. The molecule has 1 fully saturated rings. The molecule has 6 heteroatoms. The summed E-state index contributed by atoms with van der Waals surface area (Å²) in [6.45, 7) is 1.64. The highest BCUT2D eigenvalue weighted by molar-refractivity contribution is 5.79. The highest BCUT2D eigenvalue weighted by Gasteiger charge is 2.27. The summed E-state index contributed by atoms with van der Waals surface area (Å²) in [7, 11) is 0. The Hall–Kier alpha value is -2.89. The van der Waals surface area contributed by atoms with Gasteiger partial charge in [0.15, 0.2) is 5.58 Å². The number of para-hydroxylation sites is 2. The molecule has 2 aromatic carbocycles. The van der Waals surface area contributed by atoms with E-state index in [0.29, 0.717) is 24.7 Å². The van der Waals surface area contributed by atoms with Crippen LogP contribution in [0.1, 0.15) is 18.4 Å². The monoisotopic (exact) mass is 353 g/mol. The third-order valence-electron chi connectivity index (χ3n) is 4.83. The number of carbonyl (C=O) groups excluding carboxylic acids is 1. The van der Waals surface area contributed by atoms with Crippen LogP contribution in [0.4, 0.5) is 10.4 Å². The molecule has 0 bridgehead atoms. The van der Waals surface area contributed by atoms with Gasteiger partial charge in [0.1, 0.15) is 11.3 Å². The molecule has 4 rings (SSSR count). The fourth-order valence-corrected chi connectivity index (χ4v) is 3.30. The summed E-state index contributed by atoms with van der Waals surface area (Å²) in [6.07, 6.45) is 1.45. The summed E-state index contributed by atoms with van der Waals surface area (Å²) in [4.78, 5) is 19.0. The fourth-order valence-electron chi connectivity index (χ4n) is 3.30. The molecule has 1 aromatic heterocycles. The Kier molecular flexibility index (Phi) is 4.56. The minimum Gasteiger partial charge on any atom is -0.423 e. The zero-order chi connectivity index (χ0) is 17.9. The Balaban J connectivity index is 1.33. The predicted octanol–water partition coefficient (Wildman–Crippen LogP) is 3.50. The summed E-state index contributed by atoms with van der Waals surface area (Å²) in [5.74, 6) is -0.383. The second kappa shape index (κ2) is 7.15. The van der Waals surface area contributed by atoms with Crippen LogP contribution in [-0.2, 0) is 11.3 Å². The van der Waals surface area contributed by atoms with Gasteiger partial charge in [-0.1, -0.05) is 30.3 Å². The number of fused-ring (bicyclic) bond motifs is 1. The number of piperidine rings is 1. The van der Waals surface area contributed by atoms with Crippen molar-refractivity contribution in [1.29, 1.82) is 0 Å². The van der Waals surface area contributed by atoms with Crippen molar-refractivity contribution in [3.63, 3.8) is 0 Å². The van der Waals surface area contributed by atoms with Crippen LogP contribution in [0, 0.1) is 11.7 Å². The van der Waals surface area contributed by atoms with Crippen molar-refractivity contribution in [2.45, 2.75) is 19.4 Å². The van der Waals surface area contributed by atoms with Crippen LogP contribution >= 0.6 is 0 Å². The van der Waals surface area contributed by atoms with Gasteiger partial charge >= 0.3 is 0 Å². The molecule has 0 aliphatic carbocycles. The third-order valence-corrected chi connectivity index (χ3v) is 4.83. The molecule has 0 radical (unpaired) electrons. The number of nitrogens with one attached hydrogen (secondary N) is 1. The molecule has 1 amide bonds. The fraction of sp³-hybridized carbons (Fsp3) is 0.300. The number of anilines is 1. The molecule has 26 heavy (non-hydrogen) atoms. The third kappa shape index (κ3) is 3.40. The highest BCUT2D eigenvalue weighted by atomic mass is 19.1. The molecule has 3 aromatic rings. The molecule has 5 nitrogen and oxygen atoms in total. The number of benzene rings is 2. The molecule has 0 atom stereocenters. The molecule has 0 saturated carbocycles. The van der Waals surface area contributed by atoms with E-state index < -0.39 is 0 Å². The van der Waals surface area contributed by atoms with Crippen LogP contribution in [0.15, 0.2) is 52.9 Å². The van der Waals surface area contributed by atoms with Crippen molar-refractivity contribution in [2.24, 2.45) is 5.92 Å². The quantitative estimate of drug-likeness (QED) is 0.780. The van der Waals surface area contributed by atoms with Gasteiger partial charge in [0.25, 0.3) is 6.01 Å². The van der Waals surface area contributed by atoms with Gasteiger partial charge in [-0.3, -0.25) is 4.79 Å². The van der Waals surface area contributed by atoms with E-state index >= 15 is 0 Å². The summed E-state index contributed by atoms with van der Waals surface area (Å²) < 4.78 is 19.4. The van der Waals surface area contributed by atoms with E-state index in [1.54, 1.807) is 18.2 Å². The van der Waals surface area contributed by atoms with E-state index in [1.165, 1.54) is 6.07 Å². The number of halogens is 1. The summed E-state index contributed by atoms with van der Waals surface area (Å²) >= 11 is 0. The van der Waals surface area contributed by atoms with Crippen molar-refractivity contribution in [3.05, 3.63) is 59.9 Å². The Morgan fingerprint density at radius 3 is 2.65 bits per heavy atom. The van der Waals surface area contributed by atoms with Crippen molar-refractivity contribution < 1.29 is 13.6 Å². The maximum atomic E-state index is 13.6. The largest absolute Gasteiger partial charge is 0.423 e. The minimum atomic E-state index is -0.293. The van der Waals surface area contributed by atoms with Crippen molar-refractivity contribution >= 4 is 23.0 Å². The van der Waals surface area contributed by atoms with Crippen molar-refractivity contribution in [3.8, 4) is 0 Å². The first kappa shape index (κ1) is 16.6. The SMILES string of the molecule is O=C(NCc1ccccc1F)C1CCN(c2nc3ccccc3o2)CC1. The van der Waals surface area contributed by atoms with Gasteiger partial charge in [0, 0.05) is 31.1 Å². The Labute approximate surface area is 150 Å². The van der Waals surface area contributed by atoms with E-state index in [0.717, 1.165) is 23.9 Å². The number of hydrogen-bond acceptors (Lipinski definition) is 4. The van der Waals surface area contributed by atoms with Crippen LogP contribution < -0.4 is 10.2 Å². The normalized spacial score (nSPS) is 15.3. The smallest absolute Gasteiger partial charge is 0.298 e. The van der Waals surface area contributed by atoms with Gasteiger partial charge < -0.3 is 14.6 Å². The second-order valence-electron chi connectivity index (χ2n) is 6.53. The lowest BCUT2D eigenvalue weighted by molar-refractivity contribution is -0.125. The summed E-state index contributed by atoms with van der Waals surface area (Å²) in [5.41, 5.74) is 2.12. The molecular formula is C20H20FN3O2. The zero-order valence-electron chi connectivity index (χ0n) is 14.3. The number of aromatic nitrogens is 1.